The summed E-state index contributed by atoms with van der Waals surface area (Å²) in [4.78, 5) is 30.0. The average Bonchev–Trinajstić information content (AvgIpc) is 3.11. The van der Waals surface area contributed by atoms with E-state index in [1.807, 2.05) is 12.1 Å². The van der Waals surface area contributed by atoms with E-state index < -0.39 is 0 Å². The molecule has 0 aliphatic heterocycles. The van der Waals surface area contributed by atoms with Crippen LogP contribution in [0.15, 0.2) is 35.3 Å². The molecule has 1 amide bonds. The van der Waals surface area contributed by atoms with E-state index in [4.69, 9.17) is 21.1 Å². The zero-order chi connectivity index (χ0) is 20.1. The van der Waals surface area contributed by atoms with Crippen LogP contribution in [0.3, 0.4) is 0 Å². The highest BCUT2D eigenvalue weighted by molar-refractivity contribution is 6.30. The van der Waals surface area contributed by atoms with E-state index >= 15 is 0 Å². The zero-order valence-corrected chi connectivity index (χ0v) is 16.4. The number of halogens is 1. The van der Waals surface area contributed by atoms with E-state index in [9.17, 15) is 9.59 Å². The van der Waals surface area contributed by atoms with Gasteiger partial charge in [0.1, 0.15) is 5.56 Å². The molecule has 2 heterocycles. The number of benzene rings is 1. The van der Waals surface area contributed by atoms with Crippen LogP contribution in [0.25, 0.3) is 5.65 Å². The van der Waals surface area contributed by atoms with E-state index in [0.717, 1.165) is 5.56 Å². The van der Waals surface area contributed by atoms with Gasteiger partial charge in [-0.3, -0.25) is 14.7 Å². The van der Waals surface area contributed by atoms with Gasteiger partial charge >= 0.3 is 0 Å². The third-order valence-electron chi connectivity index (χ3n) is 4.25. The number of aromatic amines is 1. The van der Waals surface area contributed by atoms with Gasteiger partial charge in [0.15, 0.2) is 5.65 Å². The molecule has 0 saturated heterocycles. The molecule has 148 valence electrons. The number of ether oxygens (including phenoxy) is 2. The van der Waals surface area contributed by atoms with Gasteiger partial charge in [0, 0.05) is 44.0 Å². The third kappa shape index (κ3) is 4.24. The summed E-state index contributed by atoms with van der Waals surface area (Å²) in [6.45, 7) is 0.905. The number of hydrogen-bond acceptors (Lipinski definition) is 5. The number of methoxy groups -OCH3 is 2. The van der Waals surface area contributed by atoms with Gasteiger partial charge in [-0.1, -0.05) is 23.7 Å². The molecule has 0 saturated carbocycles. The standard InChI is InChI=1S/C19H21ClN4O4/c1-27-8-7-21-18(25)15-10-22-24-17(15)23-16(11-28-2)14(19(24)26)9-12-3-5-13(20)6-4-12/h3-6,10,22H,7-9,11H2,1-2H3,(H,21,25). The van der Waals surface area contributed by atoms with E-state index in [0.29, 0.717) is 35.9 Å². The van der Waals surface area contributed by atoms with E-state index in [1.165, 1.54) is 17.8 Å². The first kappa shape index (κ1) is 20.1. The Kier molecular flexibility index (Phi) is 6.45. The second-order valence-electron chi connectivity index (χ2n) is 6.17. The van der Waals surface area contributed by atoms with Crippen molar-refractivity contribution in [2.75, 3.05) is 27.4 Å². The van der Waals surface area contributed by atoms with Crippen molar-refractivity contribution >= 4 is 23.2 Å². The molecule has 28 heavy (non-hydrogen) atoms. The molecule has 2 N–H and O–H groups in total. The predicted octanol–water partition coefficient (Wildman–Crippen LogP) is 1.79. The lowest BCUT2D eigenvalue weighted by Crippen LogP contribution is -2.28. The van der Waals surface area contributed by atoms with Crippen LogP contribution in [0.5, 0.6) is 0 Å². The van der Waals surface area contributed by atoms with Gasteiger partial charge < -0.3 is 14.8 Å². The first-order valence-electron chi connectivity index (χ1n) is 8.67. The summed E-state index contributed by atoms with van der Waals surface area (Å²) >= 11 is 5.93. The van der Waals surface area contributed by atoms with Gasteiger partial charge in [-0.05, 0) is 17.7 Å². The highest BCUT2D eigenvalue weighted by Crippen LogP contribution is 2.16. The molecule has 8 nitrogen and oxygen atoms in total. The van der Waals surface area contributed by atoms with Crippen LogP contribution in [-0.4, -0.2) is 47.9 Å². The number of H-pyrrole nitrogens is 1. The molecule has 9 heteroatoms. The third-order valence-corrected chi connectivity index (χ3v) is 4.50. The quantitative estimate of drug-likeness (QED) is 0.558. The SMILES string of the molecule is COCCNC(=O)c1c[nH]n2c(=O)c(Cc3ccc(Cl)cc3)c(COC)nc12. The number of aromatic nitrogens is 3. The van der Waals surface area contributed by atoms with Crippen LogP contribution in [-0.2, 0) is 22.5 Å². The molecule has 0 atom stereocenters. The molecule has 0 aliphatic carbocycles. The summed E-state index contributed by atoms with van der Waals surface area (Å²) in [7, 11) is 3.09. The monoisotopic (exact) mass is 404 g/mol. The molecule has 0 aliphatic rings. The normalized spacial score (nSPS) is 11.1. The van der Waals surface area contributed by atoms with E-state index in [1.54, 1.807) is 19.2 Å². The van der Waals surface area contributed by atoms with Crippen molar-refractivity contribution in [3.63, 3.8) is 0 Å². The highest BCUT2D eigenvalue weighted by atomic mass is 35.5. The molecular formula is C19H21ClN4O4. The molecule has 0 spiro atoms. The number of nitrogens with zero attached hydrogens (tertiary/aromatic N) is 2. The lowest BCUT2D eigenvalue weighted by atomic mass is 10.0. The van der Waals surface area contributed by atoms with Crippen LogP contribution >= 0.6 is 11.6 Å². The number of carbonyl (C=O) groups excluding carboxylic acids is 1. The maximum atomic E-state index is 13.1. The Morgan fingerprint density at radius 2 is 2.00 bits per heavy atom. The van der Waals surface area contributed by atoms with Crippen molar-refractivity contribution in [2.24, 2.45) is 0 Å². The Morgan fingerprint density at radius 3 is 2.68 bits per heavy atom. The molecular weight excluding hydrogens is 384 g/mol. The minimum absolute atomic E-state index is 0.157. The van der Waals surface area contributed by atoms with Crippen molar-refractivity contribution in [3.05, 3.63) is 68.2 Å². The fourth-order valence-electron chi connectivity index (χ4n) is 2.86. The Hall–Kier alpha value is -2.68. The van der Waals surface area contributed by atoms with Gasteiger partial charge in [0.25, 0.3) is 11.5 Å². The minimum atomic E-state index is -0.337. The fraction of sp³-hybridized carbons (Fsp3) is 0.316. The second kappa shape index (κ2) is 9.01. The molecule has 0 fully saturated rings. The number of carbonyl (C=O) groups is 1. The summed E-state index contributed by atoms with van der Waals surface area (Å²) in [6.07, 6.45) is 1.84. The molecule has 3 rings (SSSR count). The molecule has 0 radical (unpaired) electrons. The smallest absolute Gasteiger partial charge is 0.276 e. The topological polar surface area (TPSA) is 97.7 Å². The summed E-state index contributed by atoms with van der Waals surface area (Å²) in [5, 5.41) is 6.17. The number of hydrogen-bond donors (Lipinski definition) is 2. The minimum Gasteiger partial charge on any atom is -0.383 e. The van der Waals surface area contributed by atoms with Crippen molar-refractivity contribution < 1.29 is 14.3 Å². The molecule has 1 aromatic carbocycles. The number of rotatable bonds is 8. The van der Waals surface area contributed by atoms with Gasteiger partial charge in [-0.15, -0.1) is 0 Å². The summed E-state index contributed by atoms with van der Waals surface area (Å²) in [5.74, 6) is -0.337. The maximum Gasteiger partial charge on any atom is 0.276 e. The van der Waals surface area contributed by atoms with E-state index in [-0.39, 0.29) is 29.3 Å². The average molecular weight is 405 g/mol. The van der Waals surface area contributed by atoms with Crippen LogP contribution < -0.4 is 10.9 Å². The lowest BCUT2D eigenvalue weighted by Gasteiger charge is -2.09. The number of fused-ring (bicyclic) bond motifs is 1. The van der Waals surface area contributed by atoms with E-state index in [2.05, 4.69) is 15.4 Å². The molecule has 0 bridgehead atoms. The van der Waals surface area contributed by atoms with Gasteiger partial charge in [0.2, 0.25) is 0 Å². The van der Waals surface area contributed by atoms with Gasteiger partial charge in [0.05, 0.1) is 18.9 Å². The van der Waals surface area contributed by atoms with Crippen LogP contribution in [0.1, 0.15) is 27.2 Å². The summed E-state index contributed by atoms with van der Waals surface area (Å²) in [6, 6.07) is 7.26. The highest BCUT2D eigenvalue weighted by Gasteiger charge is 2.19. The maximum absolute atomic E-state index is 13.1. The first-order valence-corrected chi connectivity index (χ1v) is 9.05. The van der Waals surface area contributed by atoms with Crippen molar-refractivity contribution in [2.45, 2.75) is 13.0 Å². The zero-order valence-electron chi connectivity index (χ0n) is 15.6. The lowest BCUT2D eigenvalue weighted by molar-refractivity contribution is 0.0938. The van der Waals surface area contributed by atoms with Gasteiger partial charge in [-0.25, -0.2) is 9.50 Å². The van der Waals surface area contributed by atoms with Crippen LogP contribution in [0.2, 0.25) is 5.02 Å². The Balaban J connectivity index is 2.01. The van der Waals surface area contributed by atoms with Gasteiger partial charge in [-0.2, -0.15) is 0 Å². The molecule has 0 unspecified atom stereocenters. The Labute approximate surface area is 166 Å². The molecule has 3 aromatic rings. The Morgan fingerprint density at radius 1 is 1.25 bits per heavy atom. The summed E-state index contributed by atoms with van der Waals surface area (Å²) in [5.41, 5.74) is 2.17. The van der Waals surface area contributed by atoms with Crippen molar-refractivity contribution in [3.8, 4) is 0 Å². The molecule has 2 aromatic heterocycles. The van der Waals surface area contributed by atoms with Crippen LogP contribution in [0.4, 0.5) is 0 Å². The fourth-order valence-corrected chi connectivity index (χ4v) is 2.99. The number of amides is 1. The largest absolute Gasteiger partial charge is 0.383 e. The predicted molar refractivity (Wildman–Crippen MR) is 105 cm³/mol. The Bertz CT molecular complexity index is 1030. The first-order chi connectivity index (χ1) is 13.5. The summed E-state index contributed by atoms with van der Waals surface area (Å²) < 4.78 is 11.4. The second-order valence-corrected chi connectivity index (χ2v) is 6.61. The number of nitrogens with one attached hydrogen (secondary N) is 2. The van der Waals surface area contributed by atoms with Crippen molar-refractivity contribution in [1.82, 2.24) is 19.9 Å². The van der Waals surface area contributed by atoms with Crippen molar-refractivity contribution in [1.29, 1.82) is 0 Å². The van der Waals surface area contributed by atoms with Crippen LogP contribution in [0, 0.1) is 0 Å².